The van der Waals surface area contributed by atoms with Crippen LogP contribution in [0.5, 0.6) is 0 Å². The maximum Gasteiger partial charge on any atom is 0.270 e. The van der Waals surface area contributed by atoms with Crippen molar-refractivity contribution in [3.8, 4) is 11.3 Å². The van der Waals surface area contributed by atoms with Gasteiger partial charge in [-0.05, 0) is 25.7 Å². The lowest BCUT2D eigenvalue weighted by Crippen LogP contribution is -2.39. The van der Waals surface area contributed by atoms with E-state index in [0.717, 1.165) is 35.0 Å². The minimum absolute atomic E-state index is 0.0376. The number of piperidine rings is 1. The van der Waals surface area contributed by atoms with Crippen molar-refractivity contribution >= 4 is 27.9 Å². The van der Waals surface area contributed by atoms with Gasteiger partial charge in [0.2, 0.25) is 0 Å². The second-order valence-electron chi connectivity index (χ2n) is 7.10. The Hall–Kier alpha value is -2.74. The molecular weight excluding hydrogens is 364 g/mol. The van der Waals surface area contributed by atoms with Crippen molar-refractivity contribution in [1.29, 1.82) is 0 Å². The molecule has 1 amide bonds. The number of nitro benzene ring substituents is 1. The van der Waals surface area contributed by atoms with E-state index >= 15 is 0 Å². The number of fused-ring (bicyclic) bond motifs is 1. The zero-order valence-electron chi connectivity index (χ0n) is 15.2. The molecule has 1 saturated heterocycles. The molecule has 1 atom stereocenters. The molecule has 0 spiro atoms. The summed E-state index contributed by atoms with van der Waals surface area (Å²) in [5.74, 6) is 0.610. The first-order chi connectivity index (χ1) is 12.9. The van der Waals surface area contributed by atoms with Crippen LogP contribution in [0.2, 0.25) is 0 Å². The van der Waals surface area contributed by atoms with Gasteiger partial charge in [-0.15, -0.1) is 0 Å². The van der Waals surface area contributed by atoms with Crippen molar-refractivity contribution in [2.75, 3.05) is 13.1 Å². The van der Waals surface area contributed by atoms with Crippen LogP contribution in [0.25, 0.3) is 16.2 Å². The van der Waals surface area contributed by atoms with Crippen LogP contribution in [0.1, 0.15) is 35.1 Å². The van der Waals surface area contributed by atoms with Gasteiger partial charge in [0.15, 0.2) is 4.96 Å². The zero-order chi connectivity index (χ0) is 19.1. The molecule has 0 N–H and O–H groups in total. The van der Waals surface area contributed by atoms with E-state index in [-0.39, 0.29) is 11.6 Å². The smallest absolute Gasteiger partial charge is 0.270 e. The van der Waals surface area contributed by atoms with E-state index < -0.39 is 4.92 Å². The van der Waals surface area contributed by atoms with Gasteiger partial charge in [0.1, 0.15) is 4.88 Å². The zero-order valence-corrected chi connectivity index (χ0v) is 16.0. The van der Waals surface area contributed by atoms with Gasteiger partial charge >= 0.3 is 0 Å². The number of aromatic nitrogens is 2. The highest BCUT2D eigenvalue weighted by atomic mass is 32.1. The van der Waals surface area contributed by atoms with E-state index in [2.05, 4.69) is 11.9 Å². The van der Waals surface area contributed by atoms with Crippen LogP contribution in [-0.2, 0) is 0 Å². The maximum absolute atomic E-state index is 12.9. The maximum atomic E-state index is 12.9. The van der Waals surface area contributed by atoms with Crippen LogP contribution in [0.4, 0.5) is 5.69 Å². The van der Waals surface area contributed by atoms with Gasteiger partial charge in [0, 0.05) is 42.7 Å². The Morgan fingerprint density at radius 3 is 2.93 bits per heavy atom. The van der Waals surface area contributed by atoms with E-state index in [9.17, 15) is 14.9 Å². The Kier molecular flexibility index (Phi) is 4.43. The van der Waals surface area contributed by atoms with Gasteiger partial charge in [-0.2, -0.15) is 0 Å². The van der Waals surface area contributed by atoms with Crippen molar-refractivity contribution in [2.24, 2.45) is 5.92 Å². The largest absolute Gasteiger partial charge is 0.338 e. The third kappa shape index (κ3) is 3.21. The molecule has 8 heteroatoms. The molecular formula is C19H20N4O3S. The van der Waals surface area contributed by atoms with Gasteiger partial charge < -0.3 is 4.90 Å². The van der Waals surface area contributed by atoms with Crippen molar-refractivity contribution in [3.63, 3.8) is 0 Å². The number of hydrogen-bond donors (Lipinski definition) is 0. The van der Waals surface area contributed by atoms with Crippen molar-refractivity contribution in [2.45, 2.75) is 26.7 Å². The van der Waals surface area contributed by atoms with E-state index in [1.165, 1.54) is 29.9 Å². The highest BCUT2D eigenvalue weighted by Crippen LogP contribution is 2.30. The first-order valence-electron chi connectivity index (χ1n) is 8.96. The number of rotatable bonds is 3. The highest BCUT2D eigenvalue weighted by molar-refractivity contribution is 7.19. The number of aryl methyl sites for hydroxylation is 1. The number of amides is 1. The highest BCUT2D eigenvalue weighted by Gasteiger charge is 2.26. The van der Waals surface area contributed by atoms with Crippen LogP contribution >= 0.6 is 11.3 Å². The molecule has 1 aromatic carbocycles. The predicted octanol–water partition coefficient (Wildman–Crippen LogP) is 4.15. The van der Waals surface area contributed by atoms with Crippen molar-refractivity contribution in [1.82, 2.24) is 14.3 Å². The molecule has 3 aromatic rings. The molecule has 1 aliphatic heterocycles. The summed E-state index contributed by atoms with van der Waals surface area (Å²) in [6.07, 6.45) is 4.06. The Labute approximate surface area is 160 Å². The first kappa shape index (κ1) is 17.7. The van der Waals surface area contributed by atoms with Gasteiger partial charge in [-0.1, -0.05) is 30.4 Å². The van der Waals surface area contributed by atoms with Crippen molar-refractivity contribution < 1.29 is 9.72 Å². The number of imidazole rings is 1. The van der Waals surface area contributed by atoms with E-state index in [1.54, 1.807) is 12.1 Å². The van der Waals surface area contributed by atoms with Crippen LogP contribution in [0, 0.1) is 23.0 Å². The lowest BCUT2D eigenvalue weighted by Gasteiger charge is -2.30. The molecule has 4 rings (SSSR count). The molecule has 3 heterocycles. The molecule has 2 aromatic heterocycles. The first-order valence-corrected chi connectivity index (χ1v) is 9.78. The number of hydrogen-bond acceptors (Lipinski definition) is 5. The summed E-state index contributed by atoms with van der Waals surface area (Å²) in [4.78, 5) is 31.5. The van der Waals surface area contributed by atoms with Crippen molar-refractivity contribution in [3.05, 3.63) is 51.1 Å². The predicted molar refractivity (Wildman–Crippen MR) is 104 cm³/mol. The molecule has 0 bridgehead atoms. The number of nitro groups is 1. The molecule has 0 aliphatic carbocycles. The third-order valence-corrected chi connectivity index (χ3v) is 6.19. The monoisotopic (exact) mass is 384 g/mol. The number of carbonyl (C=O) groups is 1. The summed E-state index contributed by atoms with van der Waals surface area (Å²) in [6.45, 7) is 5.71. The summed E-state index contributed by atoms with van der Waals surface area (Å²) >= 11 is 1.38. The quantitative estimate of drug-likeness (QED) is 0.502. The number of thiazole rings is 1. The topological polar surface area (TPSA) is 80.8 Å². The Morgan fingerprint density at radius 1 is 1.41 bits per heavy atom. The SMILES string of the molecule is Cc1c(C(=O)N2CCCC(C)C2)sc2nc(-c3cccc([N+](=O)[O-])c3)cn12. The van der Waals surface area contributed by atoms with E-state index in [0.29, 0.717) is 17.2 Å². The molecule has 27 heavy (non-hydrogen) atoms. The van der Waals surface area contributed by atoms with Crippen LogP contribution in [-0.4, -0.2) is 38.2 Å². The second kappa shape index (κ2) is 6.77. The fraction of sp³-hybridized carbons (Fsp3) is 0.368. The molecule has 1 unspecified atom stereocenters. The fourth-order valence-electron chi connectivity index (χ4n) is 3.58. The number of carbonyl (C=O) groups excluding carboxylic acids is 1. The molecule has 7 nitrogen and oxygen atoms in total. The molecule has 0 radical (unpaired) electrons. The lowest BCUT2D eigenvalue weighted by molar-refractivity contribution is -0.384. The van der Waals surface area contributed by atoms with Crippen LogP contribution < -0.4 is 0 Å². The minimum Gasteiger partial charge on any atom is -0.338 e. The number of likely N-dealkylation sites (tertiary alicyclic amines) is 1. The standard InChI is InChI=1S/C19H20N4O3S/c1-12-5-4-8-21(10-12)18(24)17-13(2)22-11-16(20-19(22)27-17)14-6-3-7-15(9-14)23(25)26/h3,6-7,9,11-12H,4-5,8,10H2,1-2H3. The second-order valence-corrected chi connectivity index (χ2v) is 8.08. The summed E-state index contributed by atoms with van der Waals surface area (Å²) in [5.41, 5.74) is 2.26. The van der Waals surface area contributed by atoms with Gasteiger partial charge in [-0.25, -0.2) is 4.98 Å². The number of non-ortho nitro benzene ring substituents is 1. The fourth-order valence-corrected chi connectivity index (χ4v) is 4.66. The van der Waals surface area contributed by atoms with Crippen LogP contribution in [0.15, 0.2) is 30.5 Å². The van der Waals surface area contributed by atoms with E-state index in [1.807, 2.05) is 22.4 Å². The lowest BCUT2D eigenvalue weighted by atomic mass is 10.0. The average Bonchev–Trinajstić information content (AvgIpc) is 3.21. The Bertz CT molecular complexity index is 1040. The summed E-state index contributed by atoms with van der Waals surface area (Å²) < 4.78 is 1.90. The van der Waals surface area contributed by atoms with Gasteiger partial charge in [0.25, 0.3) is 11.6 Å². The number of nitrogens with zero attached hydrogens (tertiary/aromatic N) is 4. The average molecular weight is 384 g/mol. The van der Waals surface area contributed by atoms with Gasteiger partial charge in [0.05, 0.1) is 10.6 Å². The van der Waals surface area contributed by atoms with Crippen LogP contribution in [0.3, 0.4) is 0 Å². The summed E-state index contributed by atoms with van der Waals surface area (Å²) in [7, 11) is 0. The normalized spacial score (nSPS) is 17.4. The molecule has 1 fully saturated rings. The molecule has 0 saturated carbocycles. The minimum atomic E-state index is -0.413. The Balaban J connectivity index is 1.67. The molecule has 140 valence electrons. The van der Waals surface area contributed by atoms with E-state index in [4.69, 9.17) is 0 Å². The molecule has 1 aliphatic rings. The number of benzene rings is 1. The summed E-state index contributed by atoms with van der Waals surface area (Å²) in [5, 5.41) is 11.0. The van der Waals surface area contributed by atoms with Gasteiger partial charge in [-0.3, -0.25) is 19.3 Å². The summed E-state index contributed by atoms with van der Waals surface area (Å²) in [6, 6.07) is 6.43. The third-order valence-electron chi connectivity index (χ3n) is 5.05. The Morgan fingerprint density at radius 2 is 2.22 bits per heavy atom.